The monoisotopic (exact) mass is 279 g/mol. The first-order valence-corrected chi connectivity index (χ1v) is 6.55. The van der Waals surface area contributed by atoms with E-state index in [1.807, 2.05) is 0 Å². The number of pyridine rings is 1. The number of nitro groups is 1. The zero-order valence-corrected chi connectivity index (χ0v) is 11.2. The van der Waals surface area contributed by atoms with Gasteiger partial charge >= 0.3 is 5.97 Å². The molecule has 1 aliphatic carbocycles. The highest BCUT2D eigenvalue weighted by molar-refractivity contribution is 5.82. The summed E-state index contributed by atoms with van der Waals surface area (Å²) in [6.45, 7) is 2.09. The molecule has 0 aromatic carbocycles. The van der Waals surface area contributed by atoms with Crippen LogP contribution in [0.5, 0.6) is 0 Å². The third-order valence-corrected chi connectivity index (χ3v) is 3.86. The summed E-state index contributed by atoms with van der Waals surface area (Å²) in [6.07, 6.45) is 3.92. The molecule has 2 N–H and O–H groups in total. The SMILES string of the molecule is CC1CCC(Nc2cc([N+](=O)[O-])ccn2)(C(=O)O)CC1. The summed E-state index contributed by atoms with van der Waals surface area (Å²) < 4.78 is 0. The molecule has 1 heterocycles. The lowest BCUT2D eigenvalue weighted by Gasteiger charge is -2.36. The molecule has 1 fully saturated rings. The van der Waals surface area contributed by atoms with Crippen LogP contribution in [0.1, 0.15) is 32.6 Å². The number of rotatable bonds is 4. The van der Waals surface area contributed by atoms with E-state index < -0.39 is 16.4 Å². The van der Waals surface area contributed by atoms with Crippen molar-refractivity contribution in [2.75, 3.05) is 5.32 Å². The van der Waals surface area contributed by atoms with Gasteiger partial charge in [0.05, 0.1) is 11.0 Å². The van der Waals surface area contributed by atoms with Gasteiger partial charge in [0.25, 0.3) is 5.69 Å². The number of aromatic nitrogens is 1. The van der Waals surface area contributed by atoms with Gasteiger partial charge in [-0.3, -0.25) is 10.1 Å². The minimum atomic E-state index is -1.07. The Bertz CT molecular complexity index is 524. The maximum absolute atomic E-state index is 11.6. The standard InChI is InChI=1S/C13H17N3O4/c1-9-2-5-13(6-3-9,12(17)18)15-11-8-10(16(19)20)4-7-14-11/h4,7-9H,2-3,5-6H2,1H3,(H,14,15)(H,17,18). The van der Waals surface area contributed by atoms with E-state index in [1.54, 1.807) is 0 Å². The van der Waals surface area contributed by atoms with Gasteiger partial charge in [-0.1, -0.05) is 6.92 Å². The molecule has 7 nitrogen and oxygen atoms in total. The van der Waals surface area contributed by atoms with E-state index in [1.165, 1.54) is 18.3 Å². The summed E-state index contributed by atoms with van der Waals surface area (Å²) in [5.41, 5.74) is -1.18. The quantitative estimate of drug-likeness (QED) is 0.647. The smallest absolute Gasteiger partial charge is 0.329 e. The molecule has 2 rings (SSSR count). The molecule has 0 radical (unpaired) electrons. The number of carboxylic acid groups (broad SMARTS) is 1. The van der Waals surface area contributed by atoms with E-state index in [0.717, 1.165) is 12.8 Å². The predicted molar refractivity (Wildman–Crippen MR) is 72.5 cm³/mol. The molecule has 0 saturated heterocycles. The number of anilines is 1. The van der Waals surface area contributed by atoms with Gasteiger partial charge in [0.15, 0.2) is 0 Å². The van der Waals surface area contributed by atoms with E-state index in [-0.39, 0.29) is 11.5 Å². The third-order valence-electron chi connectivity index (χ3n) is 3.86. The van der Waals surface area contributed by atoms with Crippen molar-refractivity contribution in [3.63, 3.8) is 0 Å². The second-order valence-corrected chi connectivity index (χ2v) is 5.35. The van der Waals surface area contributed by atoms with Crippen molar-refractivity contribution in [1.82, 2.24) is 4.98 Å². The summed E-state index contributed by atoms with van der Waals surface area (Å²) in [7, 11) is 0. The molecule has 1 saturated carbocycles. The molecule has 0 aliphatic heterocycles. The summed E-state index contributed by atoms with van der Waals surface area (Å²) in [4.78, 5) is 25.8. The van der Waals surface area contributed by atoms with Crippen LogP contribution in [0.3, 0.4) is 0 Å². The maximum atomic E-state index is 11.6. The van der Waals surface area contributed by atoms with Crippen molar-refractivity contribution in [2.45, 2.75) is 38.1 Å². The van der Waals surface area contributed by atoms with E-state index in [9.17, 15) is 20.0 Å². The third kappa shape index (κ3) is 2.87. The topological polar surface area (TPSA) is 105 Å². The second kappa shape index (κ2) is 5.44. The van der Waals surface area contributed by atoms with E-state index in [2.05, 4.69) is 17.2 Å². The molecule has 7 heteroatoms. The normalized spacial score (nSPS) is 25.9. The molecule has 0 amide bonds. The van der Waals surface area contributed by atoms with Crippen LogP contribution >= 0.6 is 0 Å². The number of hydrogen-bond acceptors (Lipinski definition) is 5. The zero-order valence-electron chi connectivity index (χ0n) is 11.2. The Morgan fingerprint density at radius 2 is 2.20 bits per heavy atom. The predicted octanol–water partition coefficient (Wildman–Crippen LogP) is 2.44. The Morgan fingerprint density at radius 3 is 2.75 bits per heavy atom. The largest absolute Gasteiger partial charge is 0.480 e. The molecule has 1 aromatic heterocycles. The summed E-state index contributed by atoms with van der Waals surface area (Å²) in [5.74, 6) is -0.198. The Labute approximate surface area is 116 Å². The molecule has 20 heavy (non-hydrogen) atoms. The molecule has 1 aliphatic rings. The minimum Gasteiger partial charge on any atom is -0.480 e. The van der Waals surface area contributed by atoms with Crippen molar-refractivity contribution in [1.29, 1.82) is 0 Å². The molecule has 1 aromatic rings. The average Bonchev–Trinajstić information content (AvgIpc) is 2.41. The van der Waals surface area contributed by atoms with Gasteiger partial charge < -0.3 is 10.4 Å². The fourth-order valence-electron chi connectivity index (χ4n) is 2.49. The van der Waals surface area contributed by atoms with Crippen LogP contribution in [-0.4, -0.2) is 26.5 Å². The Kier molecular flexibility index (Phi) is 3.87. The Balaban J connectivity index is 2.23. The van der Waals surface area contributed by atoms with Crippen molar-refractivity contribution in [3.05, 3.63) is 28.4 Å². The Morgan fingerprint density at radius 1 is 1.55 bits per heavy atom. The van der Waals surface area contributed by atoms with E-state index in [4.69, 9.17) is 0 Å². The average molecular weight is 279 g/mol. The maximum Gasteiger partial charge on any atom is 0.329 e. The van der Waals surface area contributed by atoms with Crippen molar-refractivity contribution in [2.24, 2.45) is 5.92 Å². The number of nitrogens with one attached hydrogen (secondary N) is 1. The fourth-order valence-corrected chi connectivity index (χ4v) is 2.49. The Hall–Kier alpha value is -2.18. The highest BCUT2D eigenvalue weighted by Crippen LogP contribution is 2.35. The number of hydrogen-bond donors (Lipinski definition) is 2. The van der Waals surface area contributed by atoms with Crippen LogP contribution in [0.2, 0.25) is 0 Å². The van der Waals surface area contributed by atoms with Crippen LogP contribution < -0.4 is 5.32 Å². The summed E-state index contributed by atoms with van der Waals surface area (Å²) in [5, 5.41) is 23.1. The first-order chi connectivity index (χ1) is 9.43. The molecule has 0 spiro atoms. The lowest BCUT2D eigenvalue weighted by Crippen LogP contribution is -2.49. The molecule has 0 bridgehead atoms. The molecule has 108 valence electrons. The minimum absolute atomic E-state index is 0.104. The van der Waals surface area contributed by atoms with Gasteiger partial charge in [-0.05, 0) is 31.6 Å². The number of carboxylic acids is 1. The van der Waals surface area contributed by atoms with Crippen LogP contribution in [-0.2, 0) is 4.79 Å². The summed E-state index contributed by atoms with van der Waals surface area (Å²) >= 11 is 0. The van der Waals surface area contributed by atoms with Crippen LogP contribution in [0.15, 0.2) is 18.3 Å². The molecule has 0 atom stereocenters. The van der Waals surface area contributed by atoms with E-state index >= 15 is 0 Å². The zero-order chi connectivity index (χ0) is 14.8. The lowest BCUT2D eigenvalue weighted by molar-refractivity contribution is -0.384. The highest BCUT2D eigenvalue weighted by Gasteiger charge is 2.41. The molecule has 0 unspecified atom stereocenters. The van der Waals surface area contributed by atoms with Gasteiger partial charge in [0.1, 0.15) is 11.4 Å². The van der Waals surface area contributed by atoms with Crippen molar-refractivity contribution >= 4 is 17.5 Å². The van der Waals surface area contributed by atoms with Gasteiger partial charge in [0.2, 0.25) is 0 Å². The number of nitrogens with zero attached hydrogens (tertiary/aromatic N) is 2. The van der Waals surface area contributed by atoms with Crippen LogP contribution in [0, 0.1) is 16.0 Å². The lowest BCUT2D eigenvalue weighted by atomic mass is 9.77. The highest BCUT2D eigenvalue weighted by atomic mass is 16.6. The number of carbonyl (C=O) groups is 1. The molecular formula is C13H17N3O4. The van der Waals surface area contributed by atoms with E-state index in [0.29, 0.717) is 18.8 Å². The first kappa shape index (κ1) is 14.2. The van der Waals surface area contributed by atoms with Gasteiger partial charge in [-0.25, -0.2) is 9.78 Å². The number of aliphatic carboxylic acids is 1. The summed E-state index contributed by atoms with van der Waals surface area (Å²) in [6, 6.07) is 2.55. The first-order valence-electron chi connectivity index (χ1n) is 6.55. The van der Waals surface area contributed by atoms with Crippen LogP contribution in [0.4, 0.5) is 11.5 Å². The van der Waals surface area contributed by atoms with Crippen molar-refractivity contribution < 1.29 is 14.8 Å². The van der Waals surface area contributed by atoms with Gasteiger partial charge in [-0.2, -0.15) is 0 Å². The fraction of sp³-hybridized carbons (Fsp3) is 0.538. The van der Waals surface area contributed by atoms with Gasteiger partial charge in [-0.15, -0.1) is 0 Å². The van der Waals surface area contributed by atoms with Gasteiger partial charge in [0, 0.05) is 12.3 Å². The second-order valence-electron chi connectivity index (χ2n) is 5.35. The molecular weight excluding hydrogens is 262 g/mol. The van der Waals surface area contributed by atoms with Crippen LogP contribution in [0.25, 0.3) is 0 Å². The van der Waals surface area contributed by atoms with Crippen molar-refractivity contribution in [3.8, 4) is 0 Å².